The van der Waals surface area contributed by atoms with E-state index in [4.69, 9.17) is 0 Å². The molecule has 0 saturated carbocycles. The molecule has 1 rings (SSSR count). The first-order valence-corrected chi connectivity index (χ1v) is 6.33. The van der Waals surface area contributed by atoms with Gasteiger partial charge in [-0.2, -0.15) is 0 Å². The summed E-state index contributed by atoms with van der Waals surface area (Å²) in [5.41, 5.74) is 0. The largest absolute Gasteiger partial charge is 0.317 e. The van der Waals surface area contributed by atoms with Crippen molar-refractivity contribution in [1.29, 1.82) is 0 Å². The van der Waals surface area contributed by atoms with Gasteiger partial charge in [0.05, 0.1) is 0 Å². The van der Waals surface area contributed by atoms with Gasteiger partial charge in [-0.25, -0.2) is 8.42 Å². The van der Waals surface area contributed by atoms with Crippen molar-refractivity contribution >= 4 is 15.0 Å². The summed E-state index contributed by atoms with van der Waals surface area (Å²) in [5, 5.41) is 2.55. The fourth-order valence-electron chi connectivity index (χ4n) is 1.47. The minimum atomic E-state index is -3.46. The Morgan fingerprint density at radius 3 is 2.38 bits per heavy atom. The molecule has 1 fully saturated rings. The van der Waals surface area contributed by atoms with Crippen LogP contribution in [0.2, 0.25) is 0 Å². The molecule has 1 heterocycles. The van der Waals surface area contributed by atoms with Crippen molar-refractivity contribution in [1.82, 2.24) is 5.32 Å². The van der Waals surface area contributed by atoms with Gasteiger partial charge in [-0.3, -0.25) is 4.79 Å². The Balaban J connectivity index is 2.44. The summed E-state index contributed by atoms with van der Waals surface area (Å²) in [7, 11) is -3.46. The SMILES string of the molecule is CS(=O)(=O)C(=O)CC1CCNCC1. The molecule has 0 unspecified atom stereocenters. The van der Waals surface area contributed by atoms with Crippen LogP contribution < -0.4 is 5.32 Å². The van der Waals surface area contributed by atoms with E-state index >= 15 is 0 Å². The maximum atomic E-state index is 11.1. The predicted molar refractivity (Wildman–Crippen MR) is 50.1 cm³/mol. The van der Waals surface area contributed by atoms with E-state index in [-0.39, 0.29) is 12.3 Å². The third kappa shape index (κ3) is 3.44. The van der Waals surface area contributed by atoms with Crippen LogP contribution >= 0.6 is 0 Å². The molecule has 0 aromatic carbocycles. The summed E-state index contributed by atoms with van der Waals surface area (Å²) < 4.78 is 21.7. The van der Waals surface area contributed by atoms with Gasteiger partial charge in [0.25, 0.3) is 0 Å². The van der Waals surface area contributed by atoms with Crippen molar-refractivity contribution in [3.63, 3.8) is 0 Å². The smallest absolute Gasteiger partial charge is 0.246 e. The Morgan fingerprint density at radius 1 is 1.38 bits per heavy atom. The number of carbonyl (C=O) groups is 1. The summed E-state index contributed by atoms with van der Waals surface area (Å²) in [6.07, 6.45) is 2.99. The van der Waals surface area contributed by atoms with Crippen molar-refractivity contribution < 1.29 is 13.2 Å². The van der Waals surface area contributed by atoms with Gasteiger partial charge in [0.2, 0.25) is 15.0 Å². The molecule has 0 bridgehead atoms. The minimum absolute atomic E-state index is 0.195. The summed E-state index contributed by atoms with van der Waals surface area (Å²) in [6.45, 7) is 1.78. The van der Waals surface area contributed by atoms with Gasteiger partial charge in [-0.1, -0.05) is 0 Å². The van der Waals surface area contributed by atoms with E-state index in [1.807, 2.05) is 0 Å². The summed E-state index contributed by atoms with van der Waals surface area (Å²) in [6, 6.07) is 0. The molecule has 1 aliphatic rings. The van der Waals surface area contributed by atoms with Gasteiger partial charge in [-0.05, 0) is 31.8 Å². The average molecular weight is 205 g/mol. The Kier molecular flexibility index (Phi) is 3.44. The van der Waals surface area contributed by atoms with Gasteiger partial charge < -0.3 is 5.32 Å². The van der Waals surface area contributed by atoms with Gasteiger partial charge in [0, 0.05) is 12.7 Å². The molecule has 0 aromatic heterocycles. The zero-order chi connectivity index (χ0) is 9.90. The lowest BCUT2D eigenvalue weighted by atomic mass is 9.95. The molecule has 13 heavy (non-hydrogen) atoms. The minimum Gasteiger partial charge on any atom is -0.317 e. The van der Waals surface area contributed by atoms with Crippen molar-refractivity contribution in [2.75, 3.05) is 19.3 Å². The van der Waals surface area contributed by atoms with E-state index < -0.39 is 15.0 Å². The van der Waals surface area contributed by atoms with Crippen molar-refractivity contribution in [2.24, 2.45) is 5.92 Å². The van der Waals surface area contributed by atoms with Crippen LogP contribution in [0.15, 0.2) is 0 Å². The molecule has 4 nitrogen and oxygen atoms in total. The lowest BCUT2D eigenvalue weighted by Gasteiger charge is -2.21. The molecule has 0 aromatic rings. The average Bonchev–Trinajstić information content (AvgIpc) is 2.04. The topological polar surface area (TPSA) is 63.2 Å². The second-order valence-corrected chi connectivity index (χ2v) is 5.54. The zero-order valence-corrected chi connectivity index (χ0v) is 8.56. The van der Waals surface area contributed by atoms with E-state index in [0.29, 0.717) is 0 Å². The van der Waals surface area contributed by atoms with E-state index in [0.717, 1.165) is 32.2 Å². The summed E-state index contributed by atoms with van der Waals surface area (Å²) >= 11 is 0. The van der Waals surface area contributed by atoms with Crippen LogP contribution in [-0.2, 0) is 14.6 Å². The molecule has 0 radical (unpaired) electrons. The van der Waals surface area contributed by atoms with E-state index in [9.17, 15) is 13.2 Å². The molecule has 1 aliphatic heterocycles. The number of hydrogen-bond acceptors (Lipinski definition) is 4. The van der Waals surface area contributed by atoms with Crippen LogP contribution in [0.25, 0.3) is 0 Å². The van der Waals surface area contributed by atoms with Crippen LogP contribution in [0.1, 0.15) is 19.3 Å². The van der Waals surface area contributed by atoms with Crippen LogP contribution in [0.3, 0.4) is 0 Å². The van der Waals surface area contributed by atoms with E-state index in [1.54, 1.807) is 0 Å². The first kappa shape index (κ1) is 10.7. The Labute approximate surface area is 78.6 Å². The molecule has 0 atom stereocenters. The normalized spacial score (nSPS) is 20.1. The molecule has 1 N–H and O–H groups in total. The maximum Gasteiger partial charge on any atom is 0.246 e. The van der Waals surface area contributed by atoms with Gasteiger partial charge in [-0.15, -0.1) is 0 Å². The first-order chi connectivity index (χ1) is 6.00. The van der Waals surface area contributed by atoms with Crippen LogP contribution in [0.5, 0.6) is 0 Å². The highest BCUT2D eigenvalue weighted by molar-refractivity contribution is 8.05. The third-order valence-electron chi connectivity index (χ3n) is 2.33. The number of piperidine rings is 1. The van der Waals surface area contributed by atoms with Crippen molar-refractivity contribution in [3.8, 4) is 0 Å². The Bertz CT molecular complexity index is 278. The van der Waals surface area contributed by atoms with Crippen molar-refractivity contribution in [2.45, 2.75) is 19.3 Å². The lowest BCUT2D eigenvalue weighted by Crippen LogP contribution is -2.30. The van der Waals surface area contributed by atoms with Gasteiger partial charge >= 0.3 is 0 Å². The standard InChI is InChI=1S/C8H15NO3S/c1-13(11,12)8(10)6-7-2-4-9-5-3-7/h7,9H,2-6H2,1H3. The molecule has 1 saturated heterocycles. The number of sulfone groups is 1. The second kappa shape index (κ2) is 4.19. The van der Waals surface area contributed by atoms with Crippen LogP contribution in [0, 0.1) is 5.92 Å². The van der Waals surface area contributed by atoms with Gasteiger partial charge in [0.15, 0.2) is 0 Å². The Hall–Kier alpha value is -0.420. The monoisotopic (exact) mass is 205 g/mol. The molecule has 0 spiro atoms. The van der Waals surface area contributed by atoms with E-state index in [2.05, 4.69) is 5.32 Å². The Morgan fingerprint density at radius 2 is 1.92 bits per heavy atom. The maximum absolute atomic E-state index is 11.1. The fourth-order valence-corrected chi connectivity index (χ4v) is 2.01. The lowest BCUT2D eigenvalue weighted by molar-refractivity contribution is -0.112. The summed E-state index contributed by atoms with van der Waals surface area (Å²) in [5.74, 6) is 0.253. The molecular weight excluding hydrogens is 190 g/mol. The van der Waals surface area contributed by atoms with E-state index in [1.165, 1.54) is 0 Å². The fraction of sp³-hybridized carbons (Fsp3) is 0.875. The molecule has 0 aliphatic carbocycles. The van der Waals surface area contributed by atoms with Crippen LogP contribution in [-0.4, -0.2) is 32.9 Å². The number of nitrogens with one attached hydrogen (secondary N) is 1. The van der Waals surface area contributed by atoms with Crippen LogP contribution in [0.4, 0.5) is 0 Å². The molecular formula is C8H15NO3S. The third-order valence-corrected chi connectivity index (χ3v) is 3.32. The highest BCUT2D eigenvalue weighted by Gasteiger charge is 2.22. The molecule has 76 valence electrons. The first-order valence-electron chi connectivity index (χ1n) is 4.44. The quantitative estimate of drug-likeness (QED) is 0.686. The second-order valence-electron chi connectivity index (χ2n) is 3.54. The van der Waals surface area contributed by atoms with Crippen molar-refractivity contribution in [3.05, 3.63) is 0 Å². The zero-order valence-electron chi connectivity index (χ0n) is 7.75. The molecule has 0 amide bonds. The highest BCUT2D eigenvalue weighted by atomic mass is 32.2. The molecule has 5 heteroatoms. The predicted octanol–water partition coefficient (Wildman–Crippen LogP) is -0.0527. The summed E-state index contributed by atoms with van der Waals surface area (Å²) in [4.78, 5) is 11.1. The van der Waals surface area contributed by atoms with Gasteiger partial charge in [0.1, 0.15) is 0 Å². The highest BCUT2D eigenvalue weighted by Crippen LogP contribution is 2.17. The number of hydrogen-bond donors (Lipinski definition) is 1. The number of rotatable bonds is 2. The number of carbonyl (C=O) groups excluding carboxylic acids is 1.